The van der Waals surface area contributed by atoms with Crippen LogP contribution in [0.5, 0.6) is 0 Å². The summed E-state index contributed by atoms with van der Waals surface area (Å²) >= 11 is 0. The lowest BCUT2D eigenvalue weighted by Gasteiger charge is -2.32. The molecule has 0 unspecified atom stereocenters. The first-order chi connectivity index (χ1) is 15.5. The predicted molar refractivity (Wildman–Crippen MR) is 119 cm³/mol. The van der Waals surface area contributed by atoms with E-state index in [1.54, 1.807) is 6.08 Å². The Kier molecular flexibility index (Phi) is 8.75. The highest BCUT2D eigenvalue weighted by Crippen LogP contribution is 2.27. The number of amides is 3. The number of ether oxygens (including phenoxy) is 1. The van der Waals surface area contributed by atoms with Crippen LogP contribution in [0.1, 0.15) is 33.1 Å². The van der Waals surface area contributed by atoms with Gasteiger partial charge < -0.3 is 31.3 Å². The fourth-order valence-corrected chi connectivity index (χ4v) is 4.25. The Morgan fingerprint density at radius 1 is 1.21 bits per heavy atom. The van der Waals surface area contributed by atoms with E-state index in [1.165, 1.54) is 23.6 Å². The van der Waals surface area contributed by atoms with Gasteiger partial charge in [-0.25, -0.2) is 4.79 Å². The molecule has 0 bridgehead atoms. The Hall–Kier alpha value is -3.21. The number of carbonyl (C=O) groups is 5. The van der Waals surface area contributed by atoms with E-state index in [0.29, 0.717) is 19.4 Å². The van der Waals surface area contributed by atoms with E-state index in [9.17, 15) is 24.0 Å². The number of rotatable bonds is 9. The lowest BCUT2D eigenvalue weighted by atomic mass is 10.1. The van der Waals surface area contributed by atoms with Gasteiger partial charge in [-0.2, -0.15) is 0 Å². The van der Waals surface area contributed by atoms with Gasteiger partial charge in [-0.05, 0) is 39.0 Å². The number of hydrogen-bond acceptors (Lipinski definition) is 8. The number of nitrogens with zero attached hydrogens (tertiary/aromatic N) is 2. The minimum Gasteiger partial charge on any atom is -0.458 e. The van der Waals surface area contributed by atoms with E-state index in [-0.39, 0.29) is 36.9 Å². The number of carbonyl (C=O) groups excluding carboxylic acids is 5. The minimum absolute atomic E-state index is 0.142. The molecule has 2 saturated heterocycles. The molecule has 0 saturated carbocycles. The molecule has 11 nitrogen and oxygen atoms in total. The molecule has 0 radical (unpaired) electrons. The highest BCUT2D eigenvalue weighted by Gasteiger charge is 2.43. The molecule has 0 aromatic carbocycles. The molecule has 5 atom stereocenters. The minimum atomic E-state index is -1.24. The van der Waals surface area contributed by atoms with Crippen LogP contribution in [-0.2, 0) is 28.7 Å². The molecule has 2 fully saturated rings. The van der Waals surface area contributed by atoms with E-state index in [1.807, 2.05) is 0 Å². The van der Waals surface area contributed by atoms with Crippen LogP contribution in [0.4, 0.5) is 0 Å². The lowest BCUT2D eigenvalue weighted by Crippen LogP contribution is -2.57. The molecule has 33 heavy (non-hydrogen) atoms. The molecule has 0 spiro atoms. The average Bonchev–Trinajstić information content (AvgIpc) is 3.43. The number of likely N-dealkylation sites (tertiary alicyclic amines) is 2. The molecular weight excluding hydrogens is 430 g/mol. The summed E-state index contributed by atoms with van der Waals surface area (Å²) in [4.78, 5) is 65.2. The summed E-state index contributed by atoms with van der Waals surface area (Å²) in [5.41, 5.74) is 10.7. The van der Waals surface area contributed by atoms with Gasteiger partial charge in [-0.15, -0.1) is 6.58 Å². The summed E-state index contributed by atoms with van der Waals surface area (Å²) in [6, 6.07) is -2.78. The van der Waals surface area contributed by atoms with Crippen molar-refractivity contribution in [1.29, 1.82) is 0 Å². The third-order valence-electron chi connectivity index (χ3n) is 6.02. The second-order valence-electron chi connectivity index (χ2n) is 8.42. The van der Waals surface area contributed by atoms with Crippen LogP contribution in [-0.4, -0.2) is 83.1 Å². The van der Waals surface area contributed by atoms with Crippen molar-refractivity contribution in [3.63, 3.8) is 0 Å². The third-order valence-corrected chi connectivity index (χ3v) is 6.02. The molecular formula is C22H33N5O6. The first kappa shape index (κ1) is 26.0. The van der Waals surface area contributed by atoms with Gasteiger partial charge in [-0.1, -0.05) is 12.7 Å². The standard InChI is InChI=1S/C22H33N5O6/c1-5-15-9-17(27(11-15)20(30)12(2)24)22(32)33-14(4)19(25-18(29)10-23)21(31)26-8-6-7-16(26)13(3)28/h5,14-17,19H,1-2,6-11,23-24H2,3-4H3,(H,25,29)/t14-,15+,16-,17-,19-/m0/s1. The van der Waals surface area contributed by atoms with Crippen LogP contribution < -0.4 is 16.8 Å². The van der Waals surface area contributed by atoms with Crippen LogP contribution in [0.25, 0.3) is 0 Å². The molecule has 2 aliphatic rings. The zero-order valence-corrected chi connectivity index (χ0v) is 19.1. The zero-order valence-electron chi connectivity index (χ0n) is 19.1. The van der Waals surface area contributed by atoms with Gasteiger partial charge in [0.05, 0.1) is 18.3 Å². The highest BCUT2D eigenvalue weighted by atomic mass is 16.5. The summed E-state index contributed by atoms with van der Waals surface area (Å²) < 4.78 is 5.55. The van der Waals surface area contributed by atoms with Crippen molar-refractivity contribution >= 4 is 29.5 Å². The van der Waals surface area contributed by atoms with Crippen LogP contribution >= 0.6 is 0 Å². The SMILES string of the molecule is C=C[C@@H]1C[C@@H](C(=O)O[C@@H](C)[C@H](NC(=O)CN)C(=O)N2CCC[C@H]2C(C)=O)N(C(=O)C(=C)N)C1. The maximum atomic E-state index is 13.2. The zero-order chi connectivity index (χ0) is 24.9. The molecule has 5 N–H and O–H groups in total. The molecule has 2 rings (SSSR count). The second-order valence-corrected chi connectivity index (χ2v) is 8.42. The van der Waals surface area contributed by atoms with Crippen molar-refractivity contribution in [2.45, 2.75) is 57.3 Å². The van der Waals surface area contributed by atoms with E-state index in [2.05, 4.69) is 18.5 Å². The average molecular weight is 464 g/mol. The Labute approximate surface area is 193 Å². The molecule has 2 heterocycles. The van der Waals surface area contributed by atoms with E-state index in [4.69, 9.17) is 16.2 Å². The third kappa shape index (κ3) is 5.98. The number of Topliss-reactive ketones (excluding diaryl/α,β-unsaturated/α-hetero) is 1. The van der Waals surface area contributed by atoms with Gasteiger partial charge in [0.1, 0.15) is 18.2 Å². The number of nitrogens with two attached hydrogens (primary N) is 2. The molecule has 0 aromatic heterocycles. The molecule has 2 aliphatic heterocycles. The van der Waals surface area contributed by atoms with Crippen molar-refractivity contribution in [2.75, 3.05) is 19.6 Å². The largest absolute Gasteiger partial charge is 0.458 e. The number of nitrogens with one attached hydrogen (secondary N) is 1. The van der Waals surface area contributed by atoms with Gasteiger partial charge in [-0.3, -0.25) is 19.2 Å². The predicted octanol–water partition coefficient (Wildman–Crippen LogP) is -1.18. The fraction of sp³-hybridized carbons (Fsp3) is 0.591. The van der Waals surface area contributed by atoms with Crippen molar-refractivity contribution in [3.05, 3.63) is 24.9 Å². The molecule has 11 heteroatoms. The maximum Gasteiger partial charge on any atom is 0.329 e. The van der Waals surface area contributed by atoms with E-state index < -0.39 is 47.9 Å². The summed E-state index contributed by atoms with van der Waals surface area (Å²) in [5, 5.41) is 2.50. The van der Waals surface area contributed by atoms with Gasteiger partial charge in [0.15, 0.2) is 5.78 Å². The molecule has 3 amide bonds. The number of ketones is 1. The van der Waals surface area contributed by atoms with Gasteiger partial charge in [0.2, 0.25) is 11.8 Å². The fourth-order valence-electron chi connectivity index (χ4n) is 4.25. The molecule has 0 aliphatic carbocycles. The van der Waals surface area contributed by atoms with Crippen LogP contribution in [0, 0.1) is 5.92 Å². The van der Waals surface area contributed by atoms with Crippen molar-refractivity contribution in [1.82, 2.24) is 15.1 Å². The monoisotopic (exact) mass is 463 g/mol. The quantitative estimate of drug-likeness (QED) is 0.218. The van der Waals surface area contributed by atoms with Crippen LogP contribution in [0.3, 0.4) is 0 Å². The van der Waals surface area contributed by atoms with Crippen LogP contribution in [0.2, 0.25) is 0 Å². The van der Waals surface area contributed by atoms with Crippen molar-refractivity contribution in [3.8, 4) is 0 Å². The van der Waals surface area contributed by atoms with E-state index >= 15 is 0 Å². The normalized spacial score (nSPS) is 24.0. The first-order valence-corrected chi connectivity index (χ1v) is 10.9. The Balaban J connectivity index is 2.21. The Bertz CT molecular complexity index is 843. The number of esters is 1. The second kappa shape index (κ2) is 11.1. The smallest absolute Gasteiger partial charge is 0.329 e. The Morgan fingerprint density at radius 3 is 2.42 bits per heavy atom. The summed E-state index contributed by atoms with van der Waals surface area (Å²) in [6.45, 7) is 10.2. The lowest BCUT2D eigenvalue weighted by molar-refractivity contribution is -0.161. The first-order valence-electron chi connectivity index (χ1n) is 10.9. The van der Waals surface area contributed by atoms with Crippen LogP contribution in [0.15, 0.2) is 24.9 Å². The summed E-state index contributed by atoms with van der Waals surface area (Å²) in [7, 11) is 0. The van der Waals surface area contributed by atoms with Gasteiger partial charge >= 0.3 is 5.97 Å². The summed E-state index contributed by atoms with van der Waals surface area (Å²) in [6.07, 6.45) is 2.00. The molecule has 0 aromatic rings. The van der Waals surface area contributed by atoms with E-state index in [0.717, 1.165) is 0 Å². The number of hydrogen-bond donors (Lipinski definition) is 3. The Morgan fingerprint density at radius 2 is 1.88 bits per heavy atom. The topological polar surface area (TPSA) is 165 Å². The molecule has 182 valence electrons. The van der Waals surface area contributed by atoms with Crippen molar-refractivity contribution < 1.29 is 28.7 Å². The maximum absolute atomic E-state index is 13.2. The van der Waals surface area contributed by atoms with Gasteiger partial charge in [0, 0.05) is 13.1 Å². The highest BCUT2D eigenvalue weighted by molar-refractivity contribution is 5.96. The van der Waals surface area contributed by atoms with Gasteiger partial charge in [0.25, 0.3) is 5.91 Å². The van der Waals surface area contributed by atoms with Crippen molar-refractivity contribution in [2.24, 2.45) is 17.4 Å². The summed E-state index contributed by atoms with van der Waals surface area (Å²) in [5.74, 6) is -2.78.